The fraction of sp³-hybridized carbons (Fsp3) is 0.353. The molecule has 0 fully saturated rings. The van der Waals surface area contributed by atoms with Gasteiger partial charge >= 0.3 is 0 Å². The Morgan fingerprint density at radius 3 is 2.81 bits per heavy atom. The van der Waals surface area contributed by atoms with E-state index in [4.69, 9.17) is 4.42 Å². The smallest absolute Gasteiger partial charge is 0.287 e. The molecule has 2 N–H and O–H groups in total. The van der Waals surface area contributed by atoms with Gasteiger partial charge in [-0.15, -0.1) is 0 Å². The highest BCUT2D eigenvalue weighted by Crippen LogP contribution is 2.14. The number of amides is 2. The van der Waals surface area contributed by atoms with E-state index < -0.39 is 0 Å². The summed E-state index contributed by atoms with van der Waals surface area (Å²) in [5.74, 6) is 0.413. The van der Waals surface area contributed by atoms with Crippen LogP contribution in [0.4, 0.5) is 0 Å². The normalized spacial score (nSPS) is 10.8. The van der Waals surface area contributed by atoms with Crippen LogP contribution in [0.25, 0.3) is 5.78 Å². The predicted octanol–water partition coefficient (Wildman–Crippen LogP) is 0.813. The van der Waals surface area contributed by atoms with Crippen LogP contribution in [-0.4, -0.2) is 44.5 Å². The highest BCUT2D eigenvalue weighted by molar-refractivity contribution is 5.91. The molecular weight excluding hydrogens is 336 g/mol. The van der Waals surface area contributed by atoms with Crippen molar-refractivity contribution in [2.45, 2.75) is 26.7 Å². The third-order valence-corrected chi connectivity index (χ3v) is 4.07. The zero-order valence-electron chi connectivity index (χ0n) is 14.7. The van der Waals surface area contributed by atoms with Crippen molar-refractivity contribution in [3.63, 3.8) is 0 Å². The lowest BCUT2D eigenvalue weighted by molar-refractivity contribution is -0.121. The number of rotatable bonds is 7. The maximum Gasteiger partial charge on any atom is 0.287 e. The van der Waals surface area contributed by atoms with Gasteiger partial charge < -0.3 is 15.1 Å². The monoisotopic (exact) mass is 356 g/mol. The van der Waals surface area contributed by atoms with Crippen LogP contribution in [0.3, 0.4) is 0 Å². The Bertz CT molecular complexity index is 916. The highest BCUT2D eigenvalue weighted by atomic mass is 16.3. The molecule has 0 unspecified atom stereocenters. The number of carbonyl (C=O) groups excluding carboxylic acids is 2. The Balaban J connectivity index is 1.45. The van der Waals surface area contributed by atoms with Crippen LogP contribution in [0.1, 0.15) is 33.9 Å². The summed E-state index contributed by atoms with van der Waals surface area (Å²) in [7, 11) is 0. The summed E-state index contributed by atoms with van der Waals surface area (Å²) >= 11 is 0. The summed E-state index contributed by atoms with van der Waals surface area (Å²) in [5.41, 5.74) is 2.77. The van der Waals surface area contributed by atoms with Crippen molar-refractivity contribution >= 4 is 17.6 Å². The summed E-state index contributed by atoms with van der Waals surface area (Å²) in [6, 6.07) is 3.23. The molecule has 0 aliphatic heterocycles. The van der Waals surface area contributed by atoms with Crippen molar-refractivity contribution in [1.29, 1.82) is 0 Å². The molecule has 9 heteroatoms. The third kappa shape index (κ3) is 3.88. The average Bonchev–Trinajstić information content (AvgIpc) is 3.29. The van der Waals surface area contributed by atoms with Crippen LogP contribution < -0.4 is 10.6 Å². The second kappa shape index (κ2) is 7.77. The fourth-order valence-corrected chi connectivity index (χ4v) is 2.72. The predicted molar refractivity (Wildman–Crippen MR) is 92.6 cm³/mol. The number of hydrogen-bond donors (Lipinski definition) is 2. The van der Waals surface area contributed by atoms with E-state index in [9.17, 15) is 9.59 Å². The first kappa shape index (κ1) is 17.6. The van der Waals surface area contributed by atoms with Crippen molar-refractivity contribution in [1.82, 2.24) is 30.2 Å². The van der Waals surface area contributed by atoms with E-state index in [2.05, 4.69) is 25.7 Å². The minimum Gasteiger partial charge on any atom is -0.459 e. The van der Waals surface area contributed by atoms with E-state index in [1.807, 2.05) is 13.8 Å². The van der Waals surface area contributed by atoms with Crippen molar-refractivity contribution in [3.8, 4) is 0 Å². The number of hydrogen-bond acceptors (Lipinski definition) is 6. The third-order valence-electron chi connectivity index (χ3n) is 4.07. The Labute approximate surface area is 149 Å². The van der Waals surface area contributed by atoms with Gasteiger partial charge in [0.15, 0.2) is 5.76 Å². The molecule has 0 saturated heterocycles. The molecule has 0 aliphatic rings. The van der Waals surface area contributed by atoms with Crippen molar-refractivity contribution < 1.29 is 14.0 Å². The first-order chi connectivity index (χ1) is 12.6. The largest absolute Gasteiger partial charge is 0.459 e. The van der Waals surface area contributed by atoms with Crippen LogP contribution >= 0.6 is 0 Å². The minimum absolute atomic E-state index is 0.0882. The Hall–Kier alpha value is -3.23. The second-order valence-corrected chi connectivity index (χ2v) is 5.82. The molecule has 0 saturated carbocycles. The summed E-state index contributed by atoms with van der Waals surface area (Å²) in [4.78, 5) is 32.2. The maximum atomic E-state index is 12.0. The van der Waals surface area contributed by atoms with Gasteiger partial charge in [0.25, 0.3) is 11.7 Å². The van der Waals surface area contributed by atoms with E-state index in [1.54, 1.807) is 16.6 Å². The van der Waals surface area contributed by atoms with Gasteiger partial charge in [-0.05, 0) is 38.0 Å². The molecule has 3 heterocycles. The first-order valence-electron chi connectivity index (χ1n) is 8.30. The lowest BCUT2D eigenvalue weighted by Crippen LogP contribution is -2.34. The molecule has 0 radical (unpaired) electrons. The van der Waals surface area contributed by atoms with Crippen LogP contribution in [0.2, 0.25) is 0 Å². The molecular formula is C17H20N6O3. The number of fused-ring (bicyclic) bond motifs is 1. The molecule has 3 aromatic rings. The topological polar surface area (TPSA) is 114 Å². The quantitative estimate of drug-likeness (QED) is 0.606. The molecule has 0 aromatic carbocycles. The molecule has 136 valence electrons. The maximum absolute atomic E-state index is 12.0. The molecule has 0 spiro atoms. The van der Waals surface area contributed by atoms with E-state index >= 15 is 0 Å². The van der Waals surface area contributed by atoms with Gasteiger partial charge in [0, 0.05) is 30.9 Å². The molecule has 3 aromatic heterocycles. The SMILES string of the molecule is Cc1nc2ncnn2c(C)c1CCC(=O)NCCNC(=O)c1ccco1. The van der Waals surface area contributed by atoms with Crippen molar-refractivity contribution in [3.05, 3.63) is 47.4 Å². The lowest BCUT2D eigenvalue weighted by atomic mass is 10.1. The van der Waals surface area contributed by atoms with Crippen LogP contribution in [0.15, 0.2) is 29.1 Å². The van der Waals surface area contributed by atoms with Crippen molar-refractivity contribution in [2.75, 3.05) is 13.1 Å². The van der Waals surface area contributed by atoms with Gasteiger partial charge in [-0.2, -0.15) is 10.1 Å². The summed E-state index contributed by atoms with van der Waals surface area (Å²) < 4.78 is 6.66. The van der Waals surface area contributed by atoms with Crippen LogP contribution in [-0.2, 0) is 11.2 Å². The second-order valence-electron chi connectivity index (χ2n) is 5.82. The van der Waals surface area contributed by atoms with Crippen LogP contribution in [0.5, 0.6) is 0 Å². The number of furan rings is 1. The van der Waals surface area contributed by atoms with E-state index in [-0.39, 0.29) is 17.6 Å². The Morgan fingerprint density at radius 2 is 2.04 bits per heavy atom. The zero-order chi connectivity index (χ0) is 18.5. The molecule has 9 nitrogen and oxygen atoms in total. The molecule has 0 atom stereocenters. The zero-order valence-corrected chi connectivity index (χ0v) is 14.7. The van der Waals surface area contributed by atoms with Gasteiger partial charge in [-0.1, -0.05) is 0 Å². The molecule has 3 rings (SSSR count). The van der Waals surface area contributed by atoms with Gasteiger partial charge in [0.1, 0.15) is 6.33 Å². The number of nitrogens with one attached hydrogen (secondary N) is 2. The fourth-order valence-electron chi connectivity index (χ4n) is 2.72. The number of nitrogens with zero attached hydrogens (tertiary/aromatic N) is 4. The summed E-state index contributed by atoms with van der Waals surface area (Å²) in [6.07, 6.45) is 3.79. The van der Waals surface area contributed by atoms with Crippen molar-refractivity contribution in [2.24, 2.45) is 0 Å². The van der Waals surface area contributed by atoms with Gasteiger partial charge in [-0.3, -0.25) is 9.59 Å². The molecule has 2 amide bonds. The number of aryl methyl sites for hydroxylation is 2. The molecule has 0 bridgehead atoms. The van der Waals surface area contributed by atoms with Gasteiger partial charge in [0.2, 0.25) is 5.91 Å². The molecule has 0 aliphatic carbocycles. The van der Waals surface area contributed by atoms with Gasteiger partial charge in [-0.25, -0.2) is 9.50 Å². The summed E-state index contributed by atoms with van der Waals surface area (Å²) in [5, 5.41) is 9.60. The minimum atomic E-state index is -0.303. The van der Waals surface area contributed by atoms with Crippen LogP contribution in [0, 0.1) is 13.8 Å². The number of carbonyl (C=O) groups is 2. The van der Waals surface area contributed by atoms with E-state index in [0.717, 1.165) is 17.0 Å². The Morgan fingerprint density at radius 1 is 1.23 bits per heavy atom. The highest BCUT2D eigenvalue weighted by Gasteiger charge is 2.12. The first-order valence-corrected chi connectivity index (χ1v) is 8.30. The average molecular weight is 356 g/mol. The van der Waals surface area contributed by atoms with E-state index in [1.165, 1.54) is 12.6 Å². The summed E-state index contributed by atoms with van der Waals surface area (Å²) in [6.45, 7) is 4.52. The molecule has 26 heavy (non-hydrogen) atoms. The number of aromatic nitrogens is 4. The lowest BCUT2D eigenvalue weighted by Gasteiger charge is -2.10. The Kier molecular flexibility index (Phi) is 5.26. The standard InChI is InChI=1S/C17H20N6O3/c1-11-13(12(2)23-17(22-11)20-10-21-23)5-6-15(24)18-7-8-19-16(25)14-4-3-9-26-14/h3-4,9-10H,5-8H2,1-2H3,(H,18,24)(H,19,25). The van der Waals surface area contributed by atoms with E-state index in [0.29, 0.717) is 31.7 Å². The van der Waals surface area contributed by atoms with Gasteiger partial charge in [0.05, 0.1) is 6.26 Å².